The van der Waals surface area contributed by atoms with Gasteiger partial charge in [0.15, 0.2) is 5.82 Å². The second-order valence-electron chi connectivity index (χ2n) is 4.94. The van der Waals surface area contributed by atoms with Crippen LogP contribution in [0.3, 0.4) is 0 Å². The molecule has 0 fully saturated rings. The van der Waals surface area contributed by atoms with Gasteiger partial charge < -0.3 is 4.52 Å². The molecule has 2 rings (SSSR count). The van der Waals surface area contributed by atoms with E-state index in [9.17, 15) is 13.2 Å². The van der Waals surface area contributed by atoms with Gasteiger partial charge in [0.1, 0.15) is 9.97 Å². The largest absolute Gasteiger partial charge is 0.360 e. The van der Waals surface area contributed by atoms with Crippen molar-refractivity contribution in [2.75, 3.05) is 18.0 Å². The Kier molecular flexibility index (Phi) is 5.55. The molecule has 0 spiro atoms. The Morgan fingerprint density at radius 1 is 1.43 bits per heavy atom. The molecule has 0 aliphatic heterocycles. The molecule has 0 saturated carbocycles. The lowest BCUT2D eigenvalue weighted by atomic mass is 10.4. The number of carbonyl (C=O) groups is 1. The number of thiophene rings is 1. The topological polar surface area (TPSA) is 92.5 Å². The highest BCUT2D eigenvalue weighted by Gasteiger charge is 2.19. The number of hydrogen-bond donors (Lipinski definition) is 1. The molecule has 0 aliphatic carbocycles. The molecule has 126 valence electrons. The highest BCUT2D eigenvalue weighted by molar-refractivity contribution is 7.91. The van der Waals surface area contributed by atoms with Gasteiger partial charge in [0, 0.05) is 31.0 Å². The van der Waals surface area contributed by atoms with E-state index in [-0.39, 0.29) is 23.2 Å². The monoisotopic (exact) mass is 357 g/mol. The smallest absolute Gasteiger partial charge is 0.250 e. The average Bonchev–Trinajstić information content (AvgIpc) is 3.12. The molecule has 0 saturated heterocycles. The molecule has 0 unspecified atom stereocenters. The fourth-order valence-corrected chi connectivity index (χ4v) is 4.33. The van der Waals surface area contributed by atoms with Crippen LogP contribution in [0.1, 0.15) is 24.5 Å². The standard InChI is InChI=1S/C14H19N3O4S2/c1-4-12-5-6-14(22-12)23(19,20)15-7-8-17(11(3)18)13-9-10(2)21-16-13/h5-6,9,15H,4,7-8H2,1-3H3. The Morgan fingerprint density at radius 3 is 2.70 bits per heavy atom. The fourth-order valence-electron chi connectivity index (χ4n) is 1.97. The minimum Gasteiger partial charge on any atom is -0.360 e. The molecule has 2 aromatic rings. The van der Waals surface area contributed by atoms with Gasteiger partial charge in [-0.05, 0) is 25.5 Å². The van der Waals surface area contributed by atoms with Gasteiger partial charge in [-0.2, -0.15) is 0 Å². The molecule has 0 aromatic carbocycles. The predicted octanol–water partition coefficient (Wildman–Crippen LogP) is 1.94. The molecular weight excluding hydrogens is 338 g/mol. The van der Waals surface area contributed by atoms with Crippen LogP contribution in [0.25, 0.3) is 0 Å². The average molecular weight is 357 g/mol. The highest BCUT2D eigenvalue weighted by atomic mass is 32.2. The Labute approximate surface area is 139 Å². The summed E-state index contributed by atoms with van der Waals surface area (Å²) in [6.07, 6.45) is 0.795. The van der Waals surface area contributed by atoms with Crippen molar-refractivity contribution in [1.82, 2.24) is 9.88 Å². The van der Waals surface area contributed by atoms with Crippen molar-refractivity contribution in [3.63, 3.8) is 0 Å². The van der Waals surface area contributed by atoms with E-state index in [1.54, 1.807) is 25.1 Å². The Morgan fingerprint density at radius 2 is 2.17 bits per heavy atom. The third-order valence-corrected chi connectivity index (χ3v) is 6.33. The van der Waals surface area contributed by atoms with Gasteiger partial charge in [-0.1, -0.05) is 12.1 Å². The van der Waals surface area contributed by atoms with E-state index in [2.05, 4.69) is 9.88 Å². The quantitative estimate of drug-likeness (QED) is 0.817. The number of aromatic nitrogens is 1. The fraction of sp³-hybridized carbons (Fsp3) is 0.429. The van der Waals surface area contributed by atoms with Gasteiger partial charge in [0.2, 0.25) is 15.9 Å². The molecular formula is C14H19N3O4S2. The van der Waals surface area contributed by atoms with E-state index in [0.29, 0.717) is 11.6 Å². The number of sulfonamides is 1. The number of aryl methyl sites for hydroxylation is 2. The summed E-state index contributed by atoms with van der Waals surface area (Å²) in [5, 5.41) is 3.78. The van der Waals surface area contributed by atoms with Gasteiger partial charge in [-0.15, -0.1) is 11.3 Å². The van der Waals surface area contributed by atoms with Crippen LogP contribution in [0.4, 0.5) is 5.82 Å². The SMILES string of the molecule is CCc1ccc(S(=O)(=O)NCCN(C(C)=O)c2cc(C)on2)s1. The second kappa shape index (κ2) is 7.24. The van der Waals surface area contributed by atoms with E-state index < -0.39 is 10.0 Å². The van der Waals surface area contributed by atoms with Crippen LogP contribution >= 0.6 is 11.3 Å². The lowest BCUT2D eigenvalue weighted by Gasteiger charge is -2.17. The third kappa shape index (κ3) is 4.40. The van der Waals surface area contributed by atoms with E-state index >= 15 is 0 Å². The molecule has 0 aliphatic rings. The minimum absolute atomic E-state index is 0.0905. The molecule has 2 heterocycles. The lowest BCUT2D eigenvalue weighted by Crippen LogP contribution is -2.37. The van der Waals surface area contributed by atoms with Crippen LogP contribution in [0.2, 0.25) is 0 Å². The van der Waals surface area contributed by atoms with Crippen molar-refractivity contribution in [3.05, 3.63) is 28.8 Å². The number of nitrogens with one attached hydrogen (secondary N) is 1. The normalized spacial score (nSPS) is 11.6. The minimum atomic E-state index is -3.56. The molecule has 9 heteroatoms. The zero-order valence-corrected chi connectivity index (χ0v) is 14.8. The zero-order valence-electron chi connectivity index (χ0n) is 13.2. The van der Waals surface area contributed by atoms with Gasteiger partial charge in [0.25, 0.3) is 0 Å². The Hall–Kier alpha value is -1.71. The van der Waals surface area contributed by atoms with Crippen LogP contribution in [0.5, 0.6) is 0 Å². The summed E-state index contributed by atoms with van der Waals surface area (Å²) < 4.78 is 32.2. The van der Waals surface area contributed by atoms with Crippen molar-refractivity contribution in [2.45, 2.75) is 31.4 Å². The Balaban J connectivity index is 2.00. The maximum atomic E-state index is 12.2. The van der Waals surface area contributed by atoms with Crippen LogP contribution < -0.4 is 9.62 Å². The molecule has 0 bridgehead atoms. The van der Waals surface area contributed by atoms with E-state index in [1.165, 1.54) is 23.2 Å². The van der Waals surface area contributed by atoms with Gasteiger partial charge in [-0.25, -0.2) is 13.1 Å². The van der Waals surface area contributed by atoms with Crippen LogP contribution in [-0.4, -0.2) is 32.6 Å². The summed E-state index contributed by atoms with van der Waals surface area (Å²) >= 11 is 1.25. The number of nitrogens with zero attached hydrogens (tertiary/aromatic N) is 2. The first-order valence-electron chi connectivity index (χ1n) is 7.13. The first-order valence-corrected chi connectivity index (χ1v) is 9.43. The first kappa shape index (κ1) is 17.6. The summed E-state index contributed by atoms with van der Waals surface area (Å²) in [4.78, 5) is 14.1. The lowest BCUT2D eigenvalue weighted by molar-refractivity contribution is -0.116. The molecule has 23 heavy (non-hydrogen) atoms. The number of hydrogen-bond acceptors (Lipinski definition) is 6. The summed E-state index contributed by atoms with van der Waals surface area (Å²) in [5.41, 5.74) is 0. The van der Waals surface area contributed by atoms with Crippen molar-refractivity contribution < 1.29 is 17.7 Å². The van der Waals surface area contributed by atoms with Gasteiger partial charge in [-0.3, -0.25) is 9.69 Å². The van der Waals surface area contributed by atoms with Gasteiger partial charge >= 0.3 is 0 Å². The number of amides is 1. The summed E-state index contributed by atoms with van der Waals surface area (Å²) in [5.74, 6) is 0.720. The maximum Gasteiger partial charge on any atom is 0.250 e. The molecule has 2 aromatic heterocycles. The maximum absolute atomic E-state index is 12.2. The molecule has 1 N–H and O–H groups in total. The summed E-state index contributed by atoms with van der Waals surface area (Å²) in [7, 11) is -3.56. The molecule has 0 radical (unpaired) electrons. The molecule has 0 atom stereocenters. The van der Waals surface area contributed by atoms with Crippen LogP contribution in [0, 0.1) is 6.92 Å². The van der Waals surface area contributed by atoms with E-state index in [4.69, 9.17) is 4.52 Å². The predicted molar refractivity (Wildman–Crippen MR) is 88.2 cm³/mol. The van der Waals surface area contributed by atoms with Crippen LogP contribution in [0.15, 0.2) is 26.9 Å². The zero-order chi connectivity index (χ0) is 17.0. The Bertz CT molecular complexity index is 780. The first-order chi connectivity index (χ1) is 10.8. The van der Waals surface area contributed by atoms with E-state index in [0.717, 1.165) is 11.3 Å². The van der Waals surface area contributed by atoms with Crippen molar-refractivity contribution in [2.24, 2.45) is 0 Å². The van der Waals surface area contributed by atoms with E-state index in [1.807, 2.05) is 6.92 Å². The number of rotatable bonds is 7. The second-order valence-corrected chi connectivity index (χ2v) is 8.10. The third-order valence-electron chi connectivity index (χ3n) is 3.15. The van der Waals surface area contributed by atoms with Crippen LogP contribution in [-0.2, 0) is 21.2 Å². The molecule has 1 amide bonds. The summed E-state index contributed by atoms with van der Waals surface area (Å²) in [6.45, 7) is 5.35. The van der Waals surface area contributed by atoms with Crippen molar-refractivity contribution >= 4 is 33.1 Å². The number of carbonyl (C=O) groups excluding carboxylic acids is 1. The summed E-state index contributed by atoms with van der Waals surface area (Å²) in [6, 6.07) is 5.03. The van der Waals surface area contributed by atoms with Crippen molar-refractivity contribution in [1.29, 1.82) is 0 Å². The van der Waals surface area contributed by atoms with Crippen molar-refractivity contribution in [3.8, 4) is 0 Å². The number of anilines is 1. The highest BCUT2D eigenvalue weighted by Crippen LogP contribution is 2.21. The molecule has 7 nitrogen and oxygen atoms in total. The van der Waals surface area contributed by atoms with Gasteiger partial charge in [0.05, 0.1) is 0 Å².